The predicted octanol–water partition coefficient (Wildman–Crippen LogP) is 3.43. The number of nitrogens with two attached hydrogens (primary N) is 1. The molecule has 0 amide bonds. The van der Waals surface area contributed by atoms with Crippen LogP contribution in [0.1, 0.15) is 32.8 Å². The molecular formula is C13H21NS. The summed E-state index contributed by atoms with van der Waals surface area (Å²) in [5.74, 6) is 1.12. The summed E-state index contributed by atoms with van der Waals surface area (Å²) in [5, 5.41) is 0. The molecule has 0 saturated carbocycles. The first-order chi connectivity index (χ1) is 7.04. The quantitative estimate of drug-likeness (QED) is 0.625. The zero-order valence-corrected chi connectivity index (χ0v) is 10.7. The SMILES string of the molecule is CC(C)(C)c1ccc(SCCCN)cc1. The Morgan fingerprint density at radius 2 is 1.73 bits per heavy atom. The molecule has 15 heavy (non-hydrogen) atoms. The molecule has 0 unspecified atom stereocenters. The first-order valence-electron chi connectivity index (χ1n) is 5.47. The third-order valence-electron chi connectivity index (χ3n) is 2.34. The molecule has 1 aromatic carbocycles. The van der Waals surface area contributed by atoms with Gasteiger partial charge in [-0.05, 0) is 41.8 Å². The van der Waals surface area contributed by atoms with Crippen LogP contribution in [0.5, 0.6) is 0 Å². The standard InChI is InChI=1S/C13H21NS/c1-13(2,3)11-5-7-12(8-6-11)15-10-4-9-14/h5-8H,4,9-10,14H2,1-3H3. The summed E-state index contributed by atoms with van der Waals surface area (Å²) in [7, 11) is 0. The van der Waals surface area contributed by atoms with Gasteiger partial charge >= 0.3 is 0 Å². The predicted molar refractivity (Wildman–Crippen MR) is 69.5 cm³/mol. The summed E-state index contributed by atoms with van der Waals surface area (Å²) in [6.45, 7) is 7.50. The second-order valence-electron chi connectivity index (χ2n) is 4.77. The van der Waals surface area contributed by atoms with Gasteiger partial charge in [-0.2, -0.15) is 0 Å². The minimum Gasteiger partial charge on any atom is -0.330 e. The lowest BCUT2D eigenvalue weighted by Crippen LogP contribution is -2.10. The van der Waals surface area contributed by atoms with Crippen LogP contribution < -0.4 is 5.73 Å². The van der Waals surface area contributed by atoms with Crippen LogP contribution in [0, 0.1) is 0 Å². The van der Waals surface area contributed by atoms with E-state index in [-0.39, 0.29) is 5.41 Å². The normalized spacial score (nSPS) is 11.7. The van der Waals surface area contributed by atoms with Gasteiger partial charge < -0.3 is 5.73 Å². The van der Waals surface area contributed by atoms with Gasteiger partial charge in [-0.3, -0.25) is 0 Å². The molecule has 0 radical (unpaired) electrons. The summed E-state index contributed by atoms with van der Waals surface area (Å²) in [4.78, 5) is 1.34. The van der Waals surface area contributed by atoms with Crippen molar-refractivity contribution in [1.82, 2.24) is 0 Å². The fraction of sp³-hybridized carbons (Fsp3) is 0.538. The summed E-state index contributed by atoms with van der Waals surface area (Å²) < 4.78 is 0. The van der Waals surface area contributed by atoms with E-state index in [1.54, 1.807) is 0 Å². The van der Waals surface area contributed by atoms with Crippen LogP contribution in [-0.4, -0.2) is 12.3 Å². The Labute approximate surface area is 97.4 Å². The van der Waals surface area contributed by atoms with Crippen molar-refractivity contribution in [3.8, 4) is 0 Å². The molecule has 1 nitrogen and oxygen atoms in total. The molecule has 0 heterocycles. The van der Waals surface area contributed by atoms with Gasteiger partial charge in [0.15, 0.2) is 0 Å². The number of benzene rings is 1. The highest BCUT2D eigenvalue weighted by molar-refractivity contribution is 7.99. The van der Waals surface area contributed by atoms with E-state index in [9.17, 15) is 0 Å². The summed E-state index contributed by atoms with van der Waals surface area (Å²) in [6.07, 6.45) is 1.09. The van der Waals surface area contributed by atoms with Crippen LogP contribution in [0.4, 0.5) is 0 Å². The largest absolute Gasteiger partial charge is 0.330 e. The maximum absolute atomic E-state index is 5.46. The Bertz CT molecular complexity index is 284. The zero-order chi connectivity index (χ0) is 11.3. The van der Waals surface area contributed by atoms with Crippen LogP contribution in [-0.2, 0) is 5.41 Å². The maximum atomic E-state index is 5.46. The molecule has 0 fully saturated rings. The van der Waals surface area contributed by atoms with Gasteiger partial charge in [0.2, 0.25) is 0 Å². The van der Waals surface area contributed by atoms with E-state index in [1.807, 2.05) is 11.8 Å². The van der Waals surface area contributed by atoms with Gasteiger partial charge in [-0.15, -0.1) is 11.8 Å². The van der Waals surface area contributed by atoms with Gasteiger partial charge in [-0.25, -0.2) is 0 Å². The Morgan fingerprint density at radius 1 is 1.13 bits per heavy atom. The number of hydrogen-bond donors (Lipinski definition) is 1. The third-order valence-corrected chi connectivity index (χ3v) is 3.44. The lowest BCUT2D eigenvalue weighted by atomic mass is 9.87. The van der Waals surface area contributed by atoms with Gasteiger partial charge in [0.05, 0.1) is 0 Å². The summed E-state index contributed by atoms with van der Waals surface area (Å²) in [5.41, 5.74) is 7.11. The van der Waals surface area contributed by atoms with E-state index in [1.165, 1.54) is 10.5 Å². The van der Waals surface area contributed by atoms with E-state index >= 15 is 0 Å². The van der Waals surface area contributed by atoms with Crippen molar-refractivity contribution in [3.05, 3.63) is 29.8 Å². The second-order valence-corrected chi connectivity index (χ2v) is 5.93. The zero-order valence-electron chi connectivity index (χ0n) is 9.92. The van der Waals surface area contributed by atoms with Crippen molar-refractivity contribution in [2.24, 2.45) is 5.73 Å². The molecule has 0 spiro atoms. The number of hydrogen-bond acceptors (Lipinski definition) is 2. The molecule has 0 aliphatic carbocycles. The van der Waals surface area contributed by atoms with Gasteiger partial charge in [0, 0.05) is 4.90 Å². The maximum Gasteiger partial charge on any atom is 0.00721 e. The first kappa shape index (κ1) is 12.6. The van der Waals surface area contributed by atoms with Crippen molar-refractivity contribution in [2.45, 2.75) is 37.5 Å². The molecule has 1 rings (SSSR count). The van der Waals surface area contributed by atoms with Crippen LogP contribution in [0.15, 0.2) is 29.2 Å². The molecule has 2 heteroatoms. The number of rotatable bonds is 4. The van der Waals surface area contributed by atoms with Crippen molar-refractivity contribution >= 4 is 11.8 Å². The van der Waals surface area contributed by atoms with E-state index in [2.05, 4.69) is 45.0 Å². The van der Waals surface area contributed by atoms with Crippen LogP contribution in [0.3, 0.4) is 0 Å². The summed E-state index contributed by atoms with van der Waals surface area (Å²) in [6, 6.07) is 8.87. The third kappa shape index (κ3) is 4.27. The van der Waals surface area contributed by atoms with Crippen molar-refractivity contribution in [3.63, 3.8) is 0 Å². The van der Waals surface area contributed by atoms with Crippen molar-refractivity contribution in [1.29, 1.82) is 0 Å². The minimum absolute atomic E-state index is 0.250. The fourth-order valence-electron chi connectivity index (χ4n) is 1.32. The Hall–Kier alpha value is -0.470. The van der Waals surface area contributed by atoms with E-state index in [0.29, 0.717) is 0 Å². The minimum atomic E-state index is 0.250. The molecule has 2 N–H and O–H groups in total. The van der Waals surface area contributed by atoms with Gasteiger partial charge in [-0.1, -0.05) is 32.9 Å². The Balaban J connectivity index is 2.57. The lowest BCUT2D eigenvalue weighted by molar-refractivity contribution is 0.590. The van der Waals surface area contributed by atoms with Crippen molar-refractivity contribution < 1.29 is 0 Å². The van der Waals surface area contributed by atoms with E-state index in [4.69, 9.17) is 5.73 Å². The van der Waals surface area contributed by atoms with Crippen LogP contribution >= 0.6 is 11.8 Å². The topological polar surface area (TPSA) is 26.0 Å². The fourth-order valence-corrected chi connectivity index (χ4v) is 2.20. The molecule has 84 valence electrons. The smallest absolute Gasteiger partial charge is 0.00721 e. The average molecular weight is 223 g/mol. The molecule has 0 aromatic heterocycles. The van der Waals surface area contributed by atoms with Crippen molar-refractivity contribution in [2.75, 3.05) is 12.3 Å². The molecular weight excluding hydrogens is 202 g/mol. The molecule has 0 atom stereocenters. The highest BCUT2D eigenvalue weighted by Crippen LogP contribution is 2.25. The monoisotopic (exact) mass is 223 g/mol. The average Bonchev–Trinajstić information content (AvgIpc) is 2.18. The highest BCUT2D eigenvalue weighted by Gasteiger charge is 2.12. The molecule has 0 saturated heterocycles. The first-order valence-corrected chi connectivity index (χ1v) is 6.46. The number of thioether (sulfide) groups is 1. The van der Waals surface area contributed by atoms with Crippen LogP contribution in [0.2, 0.25) is 0 Å². The summed E-state index contributed by atoms with van der Waals surface area (Å²) >= 11 is 1.88. The van der Waals surface area contributed by atoms with E-state index < -0.39 is 0 Å². The van der Waals surface area contributed by atoms with Gasteiger partial charge in [0.1, 0.15) is 0 Å². The van der Waals surface area contributed by atoms with Crippen LogP contribution in [0.25, 0.3) is 0 Å². The molecule has 0 aliphatic heterocycles. The lowest BCUT2D eigenvalue weighted by Gasteiger charge is -2.19. The molecule has 1 aromatic rings. The van der Waals surface area contributed by atoms with E-state index in [0.717, 1.165) is 18.7 Å². The highest BCUT2D eigenvalue weighted by atomic mass is 32.2. The Morgan fingerprint density at radius 3 is 2.20 bits per heavy atom. The van der Waals surface area contributed by atoms with Gasteiger partial charge in [0.25, 0.3) is 0 Å². The Kier molecular flexibility index (Phi) is 4.68. The molecule has 0 aliphatic rings. The second kappa shape index (κ2) is 5.57. The molecule has 0 bridgehead atoms.